The van der Waals surface area contributed by atoms with Crippen LogP contribution in [-0.4, -0.2) is 44.0 Å². The number of rotatable bonds is 5. The number of hydrogen-bond donors (Lipinski definition) is 1. The average molecular weight is 275 g/mol. The SMILES string of the molecule is CCN(CC)C(=O)CN(C)c1cccc2c1CCNC2. The lowest BCUT2D eigenvalue weighted by Gasteiger charge is -2.28. The highest BCUT2D eigenvalue weighted by atomic mass is 16.2. The van der Waals surface area contributed by atoms with Crippen LogP contribution in [0.2, 0.25) is 0 Å². The highest BCUT2D eigenvalue weighted by Crippen LogP contribution is 2.25. The fourth-order valence-corrected chi connectivity index (χ4v) is 2.83. The summed E-state index contributed by atoms with van der Waals surface area (Å²) in [6.07, 6.45) is 1.04. The first-order chi connectivity index (χ1) is 9.67. The second kappa shape index (κ2) is 6.75. The highest BCUT2D eigenvalue weighted by molar-refractivity contribution is 5.81. The Morgan fingerprint density at radius 1 is 1.30 bits per heavy atom. The maximum Gasteiger partial charge on any atom is 0.242 e. The molecule has 0 saturated carbocycles. The predicted octanol–water partition coefficient (Wildman–Crippen LogP) is 1.64. The van der Waals surface area contributed by atoms with Crippen molar-refractivity contribution in [1.82, 2.24) is 10.2 Å². The summed E-state index contributed by atoms with van der Waals surface area (Å²) in [4.78, 5) is 16.2. The molecule has 0 bridgehead atoms. The van der Waals surface area contributed by atoms with Crippen molar-refractivity contribution in [3.63, 3.8) is 0 Å². The number of anilines is 1. The number of amides is 1. The summed E-state index contributed by atoms with van der Waals surface area (Å²) in [5, 5.41) is 3.39. The summed E-state index contributed by atoms with van der Waals surface area (Å²) in [5.41, 5.74) is 3.95. The highest BCUT2D eigenvalue weighted by Gasteiger charge is 2.18. The third kappa shape index (κ3) is 3.12. The quantitative estimate of drug-likeness (QED) is 0.887. The molecule has 2 rings (SSSR count). The first kappa shape index (κ1) is 14.9. The first-order valence-corrected chi connectivity index (χ1v) is 7.47. The van der Waals surface area contributed by atoms with Crippen molar-refractivity contribution < 1.29 is 4.79 Å². The molecule has 1 aliphatic heterocycles. The van der Waals surface area contributed by atoms with Gasteiger partial charge in [0.2, 0.25) is 5.91 Å². The van der Waals surface area contributed by atoms with Crippen molar-refractivity contribution >= 4 is 11.6 Å². The molecule has 0 spiro atoms. The van der Waals surface area contributed by atoms with Crippen molar-refractivity contribution in [2.24, 2.45) is 0 Å². The molecular weight excluding hydrogens is 250 g/mol. The largest absolute Gasteiger partial charge is 0.365 e. The fraction of sp³-hybridized carbons (Fsp3) is 0.562. The van der Waals surface area contributed by atoms with Crippen molar-refractivity contribution in [3.05, 3.63) is 29.3 Å². The van der Waals surface area contributed by atoms with E-state index in [1.807, 2.05) is 25.8 Å². The van der Waals surface area contributed by atoms with E-state index < -0.39 is 0 Å². The number of nitrogens with zero attached hydrogens (tertiary/aromatic N) is 2. The predicted molar refractivity (Wildman–Crippen MR) is 83.1 cm³/mol. The van der Waals surface area contributed by atoms with Crippen molar-refractivity contribution in [2.45, 2.75) is 26.8 Å². The third-order valence-corrected chi connectivity index (χ3v) is 4.02. The molecule has 1 aromatic carbocycles. The van der Waals surface area contributed by atoms with Gasteiger partial charge in [0.05, 0.1) is 6.54 Å². The molecular formula is C16H25N3O. The zero-order valence-corrected chi connectivity index (χ0v) is 12.8. The molecule has 0 fully saturated rings. The van der Waals surface area contributed by atoms with E-state index in [9.17, 15) is 4.79 Å². The molecule has 1 heterocycles. The summed E-state index contributed by atoms with van der Waals surface area (Å²) in [6.45, 7) is 8.00. The summed E-state index contributed by atoms with van der Waals surface area (Å²) in [6, 6.07) is 6.38. The number of benzene rings is 1. The summed E-state index contributed by atoms with van der Waals surface area (Å²) >= 11 is 0. The smallest absolute Gasteiger partial charge is 0.242 e. The molecule has 4 heteroatoms. The zero-order valence-electron chi connectivity index (χ0n) is 12.8. The zero-order chi connectivity index (χ0) is 14.5. The van der Waals surface area contributed by atoms with Gasteiger partial charge in [-0.25, -0.2) is 0 Å². The minimum atomic E-state index is 0.198. The van der Waals surface area contributed by atoms with Gasteiger partial charge in [-0.1, -0.05) is 12.1 Å². The Bertz CT molecular complexity index is 469. The van der Waals surface area contributed by atoms with E-state index in [1.54, 1.807) is 0 Å². The molecule has 1 amide bonds. The number of nitrogens with one attached hydrogen (secondary N) is 1. The van der Waals surface area contributed by atoms with Gasteiger partial charge in [-0.05, 0) is 44.0 Å². The summed E-state index contributed by atoms with van der Waals surface area (Å²) in [7, 11) is 2.01. The second-order valence-electron chi connectivity index (χ2n) is 5.26. The van der Waals surface area contributed by atoms with Crippen LogP contribution in [0.1, 0.15) is 25.0 Å². The number of likely N-dealkylation sites (N-methyl/N-ethyl adjacent to an activating group) is 2. The van der Waals surface area contributed by atoms with Crippen LogP contribution in [0, 0.1) is 0 Å². The molecule has 20 heavy (non-hydrogen) atoms. The Labute approximate surface area is 121 Å². The van der Waals surface area contributed by atoms with Crippen LogP contribution in [-0.2, 0) is 17.8 Å². The van der Waals surface area contributed by atoms with Crippen LogP contribution in [0.15, 0.2) is 18.2 Å². The molecule has 4 nitrogen and oxygen atoms in total. The van der Waals surface area contributed by atoms with E-state index in [0.717, 1.165) is 32.6 Å². The van der Waals surface area contributed by atoms with E-state index in [1.165, 1.54) is 16.8 Å². The lowest BCUT2D eigenvalue weighted by atomic mass is 9.98. The molecule has 0 saturated heterocycles. The van der Waals surface area contributed by atoms with Crippen LogP contribution >= 0.6 is 0 Å². The minimum Gasteiger partial charge on any atom is -0.365 e. The molecule has 1 N–H and O–H groups in total. The molecule has 0 aromatic heterocycles. The Morgan fingerprint density at radius 3 is 2.75 bits per heavy atom. The lowest BCUT2D eigenvalue weighted by Crippen LogP contribution is -2.39. The standard InChI is InChI=1S/C16H25N3O/c1-4-19(5-2)16(20)12-18(3)15-8-6-7-13-11-17-10-9-14(13)15/h6-8,17H,4-5,9-12H2,1-3H3. The van der Waals surface area contributed by atoms with Crippen LogP contribution < -0.4 is 10.2 Å². The fourth-order valence-electron chi connectivity index (χ4n) is 2.83. The number of fused-ring (bicyclic) bond motifs is 1. The molecule has 0 radical (unpaired) electrons. The van der Waals surface area contributed by atoms with Gasteiger partial charge in [0.1, 0.15) is 0 Å². The summed E-state index contributed by atoms with van der Waals surface area (Å²) < 4.78 is 0. The van der Waals surface area contributed by atoms with Crippen molar-refractivity contribution in [3.8, 4) is 0 Å². The Hall–Kier alpha value is -1.55. The Morgan fingerprint density at radius 2 is 2.05 bits per heavy atom. The lowest BCUT2D eigenvalue weighted by molar-refractivity contribution is -0.129. The van der Waals surface area contributed by atoms with Gasteiger partial charge in [0.15, 0.2) is 0 Å². The van der Waals surface area contributed by atoms with E-state index in [2.05, 4.69) is 28.4 Å². The molecule has 1 aromatic rings. The minimum absolute atomic E-state index is 0.198. The molecule has 1 aliphatic rings. The van der Waals surface area contributed by atoms with Gasteiger partial charge < -0.3 is 15.1 Å². The van der Waals surface area contributed by atoms with Gasteiger partial charge in [-0.3, -0.25) is 4.79 Å². The van der Waals surface area contributed by atoms with E-state index in [-0.39, 0.29) is 5.91 Å². The number of carbonyl (C=O) groups excluding carboxylic acids is 1. The van der Waals surface area contributed by atoms with Crippen LogP contribution in [0.3, 0.4) is 0 Å². The third-order valence-electron chi connectivity index (χ3n) is 4.02. The number of carbonyl (C=O) groups is 1. The Kier molecular flexibility index (Phi) is 5.01. The van der Waals surface area contributed by atoms with E-state index in [4.69, 9.17) is 0 Å². The van der Waals surface area contributed by atoms with Crippen molar-refractivity contribution in [2.75, 3.05) is 38.1 Å². The topological polar surface area (TPSA) is 35.6 Å². The molecule has 110 valence electrons. The first-order valence-electron chi connectivity index (χ1n) is 7.47. The normalized spacial score (nSPS) is 13.8. The maximum atomic E-state index is 12.2. The van der Waals surface area contributed by atoms with Crippen molar-refractivity contribution in [1.29, 1.82) is 0 Å². The van der Waals surface area contributed by atoms with Gasteiger partial charge in [-0.15, -0.1) is 0 Å². The number of hydrogen-bond acceptors (Lipinski definition) is 3. The second-order valence-corrected chi connectivity index (χ2v) is 5.26. The maximum absolute atomic E-state index is 12.2. The van der Waals surface area contributed by atoms with Gasteiger partial charge in [0, 0.05) is 32.4 Å². The summed E-state index contributed by atoms with van der Waals surface area (Å²) in [5.74, 6) is 0.198. The van der Waals surface area contributed by atoms with Gasteiger partial charge >= 0.3 is 0 Å². The van der Waals surface area contributed by atoms with Gasteiger partial charge in [-0.2, -0.15) is 0 Å². The molecule has 0 atom stereocenters. The monoisotopic (exact) mass is 275 g/mol. The van der Waals surface area contributed by atoms with E-state index >= 15 is 0 Å². The Balaban J connectivity index is 2.13. The van der Waals surface area contributed by atoms with Crippen LogP contribution in [0.5, 0.6) is 0 Å². The molecule has 0 unspecified atom stereocenters. The van der Waals surface area contributed by atoms with Gasteiger partial charge in [0.25, 0.3) is 0 Å². The van der Waals surface area contributed by atoms with Crippen LogP contribution in [0.4, 0.5) is 5.69 Å². The van der Waals surface area contributed by atoms with E-state index in [0.29, 0.717) is 6.54 Å². The molecule has 0 aliphatic carbocycles. The van der Waals surface area contributed by atoms with Crippen LogP contribution in [0.25, 0.3) is 0 Å². The average Bonchev–Trinajstić information content (AvgIpc) is 2.47.